The van der Waals surface area contributed by atoms with E-state index >= 15 is 0 Å². The van der Waals surface area contributed by atoms with Crippen molar-refractivity contribution in [3.8, 4) is 0 Å². The van der Waals surface area contributed by atoms with Crippen molar-refractivity contribution < 1.29 is 9.53 Å². The molecule has 25 heavy (non-hydrogen) atoms. The highest BCUT2D eigenvalue weighted by Gasteiger charge is 2.17. The van der Waals surface area contributed by atoms with Crippen molar-refractivity contribution in [3.63, 3.8) is 0 Å². The Balaban J connectivity index is 2.14. The van der Waals surface area contributed by atoms with Gasteiger partial charge in [-0.3, -0.25) is 5.32 Å². The molecule has 0 aliphatic rings. The summed E-state index contributed by atoms with van der Waals surface area (Å²) in [7, 11) is 0. The van der Waals surface area contributed by atoms with Gasteiger partial charge in [-0.2, -0.15) is 0 Å². The van der Waals surface area contributed by atoms with E-state index in [9.17, 15) is 4.79 Å². The number of rotatable bonds is 4. The Morgan fingerprint density at radius 2 is 1.64 bits per heavy atom. The molecule has 2 aromatic carbocycles. The molecule has 0 saturated carbocycles. The van der Waals surface area contributed by atoms with Gasteiger partial charge in [-0.1, -0.05) is 30.3 Å². The van der Waals surface area contributed by atoms with Crippen molar-refractivity contribution in [2.75, 3.05) is 10.6 Å². The maximum atomic E-state index is 12.1. The van der Waals surface area contributed by atoms with Crippen LogP contribution in [0.1, 0.15) is 50.4 Å². The molecule has 1 atom stereocenters. The summed E-state index contributed by atoms with van der Waals surface area (Å²) in [5, 5.41) is 6.29. The number of nitrogens with one attached hydrogen (secondary N) is 2. The Labute approximate surface area is 150 Å². The molecular formula is C21H28N2O2. The van der Waals surface area contributed by atoms with E-state index in [0.717, 1.165) is 5.69 Å². The van der Waals surface area contributed by atoms with E-state index < -0.39 is 11.7 Å². The molecule has 0 aliphatic heterocycles. The van der Waals surface area contributed by atoms with Gasteiger partial charge in [0, 0.05) is 6.04 Å². The number of para-hydroxylation sites is 2. The van der Waals surface area contributed by atoms with Gasteiger partial charge in [0.15, 0.2) is 0 Å². The molecule has 0 aromatic heterocycles. The molecule has 0 spiro atoms. The number of ether oxygens (including phenoxy) is 1. The molecule has 0 heterocycles. The monoisotopic (exact) mass is 340 g/mol. The second kappa shape index (κ2) is 7.60. The largest absolute Gasteiger partial charge is 0.444 e. The third-order valence-electron chi connectivity index (χ3n) is 3.97. The zero-order valence-electron chi connectivity index (χ0n) is 15.9. The average Bonchev–Trinajstić information content (AvgIpc) is 2.50. The molecule has 4 heteroatoms. The van der Waals surface area contributed by atoms with Crippen molar-refractivity contribution >= 4 is 17.5 Å². The van der Waals surface area contributed by atoms with Gasteiger partial charge in [0.1, 0.15) is 5.60 Å². The molecule has 1 unspecified atom stereocenters. The lowest BCUT2D eigenvalue weighted by molar-refractivity contribution is 0.0636. The zero-order chi connectivity index (χ0) is 18.6. The summed E-state index contributed by atoms with van der Waals surface area (Å²) >= 11 is 0. The standard InChI is InChI=1S/C21H28N2O2/c1-14-11-12-17(13-15(14)2)16(3)22-18-9-7-8-10-19(18)23-20(24)25-21(4,5)6/h7-13,16,22H,1-6H3,(H,23,24). The third-order valence-corrected chi connectivity index (χ3v) is 3.97. The molecule has 0 bridgehead atoms. The van der Waals surface area contributed by atoms with Gasteiger partial charge in [0.25, 0.3) is 0 Å². The van der Waals surface area contributed by atoms with Crippen molar-refractivity contribution in [2.45, 2.75) is 53.2 Å². The molecule has 2 rings (SSSR count). The van der Waals surface area contributed by atoms with Gasteiger partial charge in [-0.15, -0.1) is 0 Å². The summed E-state index contributed by atoms with van der Waals surface area (Å²) in [6.07, 6.45) is -0.458. The fourth-order valence-corrected chi connectivity index (χ4v) is 2.48. The molecular weight excluding hydrogens is 312 g/mol. The van der Waals surface area contributed by atoms with Crippen LogP contribution in [0, 0.1) is 13.8 Å². The van der Waals surface area contributed by atoms with E-state index in [1.807, 2.05) is 45.0 Å². The fraction of sp³-hybridized carbons (Fsp3) is 0.381. The van der Waals surface area contributed by atoms with Crippen LogP contribution in [-0.4, -0.2) is 11.7 Å². The molecule has 0 saturated heterocycles. The summed E-state index contributed by atoms with van der Waals surface area (Å²) in [5.74, 6) is 0. The minimum atomic E-state index is -0.529. The first kappa shape index (κ1) is 18.8. The number of aryl methyl sites for hydroxylation is 2. The number of hydrogen-bond donors (Lipinski definition) is 2. The minimum Gasteiger partial charge on any atom is -0.444 e. The predicted molar refractivity (Wildman–Crippen MR) is 104 cm³/mol. The van der Waals surface area contributed by atoms with Crippen LogP contribution in [0.5, 0.6) is 0 Å². The van der Waals surface area contributed by atoms with Gasteiger partial charge >= 0.3 is 6.09 Å². The van der Waals surface area contributed by atoms with Gasteiger partial charge in [0.2, 0.25) is 0 Å². The summed E-state index contributed by atoms with van der Waals surface area (Å²) < 4.78 is 5.34. The lowest BCUT2D eigenvalue weighted by atomic mass is 10.0. The van der Waals surface area contributed by atoms with Gasteiger partial charge < -0.3 is 10.1 Å². The summed E-state index contributed by atoms with van der Waals surface area (Å²) in [6.45, 7) is 11.9. The molecule has 1 amide bonds. The number of benzene rings is 2. The van der Waals surface area contributed by atoms with Crippen LogP contribution in [-0.2, 0) is 4.74 Å². The van der Waals surface area contributed by atoms with Crippen molar-refractivity contribution in [1.29, 1.82) is 0 Å². The van der Waals surface area contributed by atoms with Crippen LogP contribution in [0.2, 0.25) is 0 Å². The lowest BCUT2D eigenvalue weighted by Crippen LogP contribution is -2.27. The number of hydrogen-bond acceptors (Lipinski definition) is 3. The first-order chi connectivity index (χ1) is 11.7. The minimum absolute atomic E-state index is 0.112. The first-order valence-electron chi connectivity index (χ1n) is 8.58. The van der Waals surface area contributed by atoms with Gasteiger partial charge in [-0.25, -0.2) is 4.79 Å². The quantitative estimate of drug-likeness (QED) is 0.737. The zero-order valence-corrected chi connectivity index (χ0v) is 15.9. The molecule has 2 aromatic rings. The van der Waals surface area contributed by atoms with Crippen molar-refractivity contribution in [2.24, 2.45) is 0 Å². The molecule has 0 radical (unpaired) electrons. The van der Waals surface area contributed by atoms with Crippen LogP contribution >= 0.6 is 0 Å². The van der Waals surface area contributed by atoms with Crippen LogP contribution in [0.15, 0.2) is 42.5 Å². The van der Waals surface area contributed by atoms with E-state index in [-0.39, 0.29) is 6.04 Å². The Kier molecular flexibility index (Phi) is 5.73. The molecule has 134 valence electrons. The normalized spacial score (nSPS) is 12.4. The van der Waals surface area contributed by atoms with Gasteiger partial charge in [0.05, 0.1) is 11.4 Å². The van der Waals surface area contributed by atoms with Crippen LogP contribution in [0.25, 0.3) is 0 Å². The Morgan fingerprint density at radius 1 is 1.00 bits per heavy atom. The first-order valence-corrected chi connectivity index (χ1v) is 8.58. The van der Waals surface area contributed by atoms with E-state index in [1.54, 1.807) is 0 Å². The number of amides is 1. The molecule has 4 nitrogen and oxygen atoms in total. The van der Waals surface area contributed by atoms with E-state index in [4.69, 9.17) is 4.74 Å². The topological polar surface area (TPSA) is 50.4 Å². The lowest BCUT2D eigenvalue weighted by Gasteiger charge is -2.22. The van der Waals surface area contributed by atoms with Crippen LogP contribution < -0.4 is 10.6 Å². The summed E-state index contributed by atoms with van der Waals surface area (Å²) in [6, 6.07) is 14.2. The second-order valence-electron chi connectivity index (χ2n) is 7.38. The van der Waals surface area contributed by atoms with E-state index in [0.29, 0.717) is 5.69 Å². The van der Waals surface area contributed by atoms with Gasteiger partial charge in [-0.05, 0) is 70.4 Å². The highest BCUT2D eigenvalue weighted by atomic mass is 16.6. The predicted octanol–water partition coefficient (Wildman–Crippen LogP) is 5.82. The smallest absolute Gasteiger partial charge is 0.412 e. The van der Waals surface area contributed by atoms with E-state index in [2.05, 4.69) is 49.6 Å². The Hall–Kier alpha value is -2.49. The van der Waals surface area contributed by atoms with Crippen molar-refractivity contribution in [1.82, 2.24) is 0 Å². The van der Waals surface area contributed by atoms with Crippen molar-refractivity contribution in [3.05, 3.63) is 59.2 Å². The Bertz CT molecular complexity index is 748. The molecule has 0 aliphatic carbocycles. The molecule has 2 N–H and O–H groups in total. The summed E-state index contributed by atoms with van der Waals surface area (Å²) in [5.41, 5.74) is 4.79. The Morgan fingerprint density at radius 3 is 2.24 bits per heavy atom. The summed E-state index contributed by atoms with van der Waals surface area (Å²) in [4.78, 5) is 12.1. The number of anilines is 2. The highest BCUT2D eigenvalue weighted by molar-refractivity contribution is 5.89. The maximum Gasteiger partial charge on any atom is 0.412 e. The van der Waals surface area contributed by atoms with Crippen LogP contribution in [0.3, 0.4) is 0 Å². The second-order valence-corrected chi connectivity index (χ2v) is 7.38. The maximum absolute atomic E-state index is 12.1. The SMILES string of the molecule is Cc1ccc(C(C)Nc2ccccc2NC(=O)OC(C)(C)C)cc1C. The third kappa shape index (κ3) is 5.52. The average molecular weight is 340 g/mol. The van der Waals surface area contributed by atoms with Crippen LogP contribution in [0.4, 0.5) is 16.2 Å². The number of carbonyl (C=O) groups excluding carboxylic acids is 1. The molecule has 0 fully saturated rings. The van der Waals surface area contributed by atoms with E-state index in [1.165, 1.54) is 16.7 Å². The fourth-order valence-electron chi connectivity index (χ4n) is 2.48. The number of carbonyl (C=O) groups is 1. The highest BCUT2D eigenvalue weighted by Crippen LogP contribution is 2.27.